The predicted molar refractivity (Wildman–Crippen MR) is 81.2 cm³/mol. The lowest BCUT2D eigenvalue weighted by molar-refractivity contribution is 0.0730. The smallest absolute Gasteiger partial charge is 0.267 e. The van der Waals surface area contributed by atoms with Crippen LogP contribution in [0.25, 0.3) is 0 Å². The van der Waals surface area contributed by atoms with E-state index in [1.807, 2.05) is 6.92 Å². The number of amides is 1. The molecular weight excluding hydrogens is 308 g/mol. The summed E-state index contributed by atoms with van der Waals surface area (Å²) in [5, 5.41) is 5.74. The molecule has 0 saturated carbocycles. The summed E-state index contributed by atoms with van der Waals surface area (Å²) < 4.78 is 31.4. The van der Waals surface area contributed by atoms with Gasteiger partial charge >= 0.3 is 0 Å². The Kier molecular flexibility index (Phi) is 5.57. The first-order chi connectivity index (χ1) is 10.4. The Morgan fingerprint density at radius 3 is 2.77 bits per heavy atom. The lowest BCUT2D eigenvalue weighted by atomic mass is 10.3. The molecule has 3 N–H and O–H groups in total. The minimum atomic E-state index is -3.58. The second-order valence-corrected chi connectivity index (χ2v) is 7.10. The van der Waals surface area contributed by atoms with Crippen molar-refractivity contribution in [1.29, 1.82) is 0 Å². The highest BCUT2D eigenvalue weighted by atomic mass is 32.2. The number of nitrogens with one attached hydrogen (secondary N) is 3. The minimum absolute atomic E-state index is 0.0983. The van der Waals surface area contributed by atoms with E-state index in [0.717, 1.165) is 0 Å². The Labute approximate surface area is 130 Å². The molecule has 0 radical (unpaired) electrons. The zero-order valence-corrected chi connectivity index (χ0v) is 13.6. The number of ether oxygens (including phenoxy) is 1. The van der Waals surface area contributed by atoms with E-state index in [4.69, 9.17) is 4.74 Å². The average Bonchev–Trinajstić information content (AvgIpc) is 3.04. The maximum Gasteiger partial charge on any atom is 0.267 e. The normalized spacial score (nSPS) is 18.1. The monoisotopic (exact) mass is 330 g/mol. The summed E-state index contributed by atoms with van der Waals surface area (Å²) in [6.07, 6.45) is 1.35. The summed E-state index contributed by atoms with van der Waals surface area (Å²) >= 11 is 0. The van der Waals surface area contributed by atoms with Crippen LogP contribution < -0.4 is 10.6 Å². The van der Waals surface area contributed by atoms with Gasteiger partial charge in [-0.15, -0.1) is 0 Å². The van der Waals surface area contributed by atoms with Crippen LogP contribution in [-0.2, 0) is 14.8 Å². The molecule has 1 unspecified atom stereocenters. The summed E-state index contributed by atoms with van der Waals surface area (Å²) in [5.74, 6) is -0.328. The fourth-order valence-corrected chi connectivity index (χ4v) is 3.44. The van der Waals surface area contributed by atoms with E-state index in [1.54, 1.807) is 7.05 Å². The van der Waals surface area contributed by atoms with Crippen molar-refractivity contribution in [2.24, 2.45) is 0 Å². The van der Waals surface area contributed by atoms with Crippen molar-refractivity contribution in [3.63, 3.8) is 0 Å². The van der Waals surface area contributed by atoms with Crippen LogP contribution in [0.3, 0.4) is 0 Å². The number of morpholine rings is 1. The van der Waals surface area contributed by atoms with Crippen molar-refractivity contribution in [1.82, 2.24) is 19.9 Å². The molecule has 2 heterocycles. The quantitative estimate of drug-likeness (QED) is 0.644. The van der Waals surface area contributed by atoms with Gasteiger partial charge in [0.15, 0.2) is 0 Å². The van der Waals surface area contributed by atoms with Crippen LogP contribution in [0.1, 0.15) is 17.4 Å². The van der Waals surface area contributed by atoms with Gasteiger partial charge in [0.1, 0.15) is 10.6 Å². The highest BCUT2D eigenvalue weighted by Gasteiger charge is 2.27. The average molecular weight is 330 g/mol. The number of aromatic amines is 1. The van der Waals surface area contributed by atoms with Gasteiger partial charge in [0.2, 0.25) is 10.0 Å². The van der Waals surface area contributed by atoms with E-state index in [0.29, 0.717) is 32.8 Å². The van der Waals surface area contributed by atoms with Crippen molar-refractivity contribution in [2.45, 2.75) is 17.9 Å². The molecule has 0 bridgehead atoms. The Morgan fingerprint density at radius 2 is 2.14 bits per heavy atom. The van der Waals surface area contributed by atoms with Crippen LogP contribution in [0.15, 0.2) is 17.2 Å². The van der Waals surface area contributed by atoms with Gasteiger partial charge in [-0.25, -0.2) is 8.42 Å². The highest BCUT2D eigenvalue weighted by molar-refractivity contribution is 7.89. The third kappa shape index (κ3) is 3.86. The number of carbonyl (C=O) groups is 1. The number of hydrogen-bond acceptors (Lipinski definition) is 5. The number of carbonyl (C=O) groups excluding carboxylic acids is 1. The van der Waals surface area contributed by atoms with Crippen molar-refractivity contribution in [2.75, 3.05) is 39.9 Å². The maximum atomic E-state index is 12.4. The van der Waals surface area contributed by atoms with Gasteiger partial charge in [-0.05, 0) is 20.0 Å². The Morgan fingerprint density at radius 1 is 1.45 bits per heavy atom. The van der Waals surface area contributed by atoms with Gasteiger partial charge in [0, 0.05) is 31.9 Å². The molecule has 1 fully saturated rings. The molecule has 1 aromatic heterocycles. The number of H-pyrrole nitrogens is 1. The van der Waals surface area contributed by atoms with Crippen molar-refractivity contribution in [3.8, 4) is 0 Å². The number of hydrogen-bond donors (Lipinski definition) is 3. The van der Waals surface area contributed by atoms with Crippen molar-refractivity contribution < 1.29 is 17.9 Å². The highest BCUT2D eigenvalue weighted by Crippen LogP contribution is 2.17. The van der Waals surface area contributed by atoms with E-state index in [2.05, 4.69) is 15.6 Å². The van der Waals surface area contributed by atoms with Gasteiger partial charge in [-0.1, -0.05) is 0 Å². The molecule has 2 rings (SSSR count). The molecular formula is C13H22N4O4S. The third-order valence-electron chi connectivity index (χ3n) is 3.57. The summed E-state index contributed by atoms with van der Waals surface area (Å²) in [7, 11) is -1.78. The van der Waals surface area contributed by atoms with Gasteiger partial charge in [-0.2, -0.15) is 4.31 Å². The largest absolute Gasteiger partial charge is 0.379 e. The molecule has 0 aliphatic carbocycles. The number of likely N-dealkylation sites (N-methyl/N-ethyl adjacent to an activating group) is 1. The van der Waals surface area contributed by atoms with Gasteiger partial charge < -0.3 is 20.4 Å². The van der Waals surface area contributed by atoms with Crippen LogP contribution in [-0.4, -0.2) is 69.6 Å². The molecule has 0 spiro atoms. The fraction of sp³-hybridized carbons (Fsp3) is 0.615. The molecule has 22 heavy (non-hydrogen) atoms. The molecule has 0 aromatic carbocycles. The van der Waals surface area contributed by atoms with E-state index in [9.17, 15) is 13.2 Å². The lowest BCUT2D eigenvalue weighted by Gasteiger charge is -2.25. The number of sulfonamides is 1. The summed E-state index contributed by atoms with van der Waals surface area (Å²) in [4.78, 5) is 14.8. The molecule has 1 aliphatic heterocycles. The van der Waals surface area contributed by atoms with Crippen molar-refractivity contribution >= 4 is 15.9 Å². The van der Waals surface area contributed by atoms with Crippen molar-refractivity contribution in [3.05, 3.63) is 18.0 Å². The van der Waals surface area contributed by atoms with E-state index >= 15 is 0 Å². The summed E-state index contributed by atoms with van der Waals surface area (Å²) in [6, 6.07) is 1.50. The van der Waals surface area contributed by atoms with Crippen LogP contribution >= 0.6 is 0 Å². The van der Waals surface area contributed by atoms with Crippen LogP contribution in [0.5, 0.6) is 0 Å². The standard InChI is InChI=1S/C13H22N4O4S/c1-10(14-2)8-16-13(18)12-7-11(9-15-12)22(19,20)17-3-5-21-6-4-17/h7,9-10,14-15H,3-6,8H2,1-2H3,(H,16,18). The first-order valence-corrected chi connectivity index (χ1v) is 8.61. The van der Waals surface area contributed by atoms with Gasteiger partial charge in [0.05, 0.1) is 13.2 Å². The number of nitrogens with zero attached hydrogens (tertiary/aromatic N) is 1. The third-order valence-corrected chi connectivity index (χ3v) is 5.45. The molecule has 1 atom stereocenters. The van der Waals surface area contributed by atoms with Crippen LogP contribution in [0.4, 0.5) is 0 Å². The lowest BCUT2D eigenvalue weighted by Crippen LogP contribution is -2.40. The van der Waals surface area contributed by atoms with Gasteiger partial charge in [-0.3, -0.25) is 4.79 Å². The molecule has 8 nitrogen and oxygen atoms in total. The van der Waals surface area contributed by atoms with Crippen LogP contribution in [0.2, 0.25) is 0 Å². The zero-order chi connectivity index (χ0) is 16.2. The summed E-state index contributed by atoms with van der Waals surface area (Å²) in [5.41, 5.74) is 0.232. The number of aromatic nitrogens is 1. The first-order valence-electron chi connectivity index (χ1n) is 7.17. The summed E-state index contributed by atoms with van der Waals surface area (Å²) in [6.45, 7) is 3.82. The number of rotatable bonds is 6. The topological polar surface area (TPSA) is 104 Å². The van der Waals surface area contributed by atoms with Crippen LogP contribution in [0, 0.1) is 0 Å². The fourth-order valence-electron chi connectivity index (χ4n) is 2.03. The second kappa shape index (κ2) is 7.23. The Hall–Kier alpha value is -1.42. The SMILES string of the molecule is CNC(C)CNC(=O)c1cc(S(=O)(=O)N2CCOCC2)c[nH]1. The Bertz CT molecular complexity index is 607. The molecule has 1 aliphatic rings. The van der Waals surface area contributed by atoms with Gasteiger partial charge in [0.25, 0.3) is 5.91 Å². The second-order valence-electron chi connectivity index (χ2n) is 5.17. The van der Waals surface area contributed by atoms with E-state index in [1.165, 1.54) is 16.6 Å². The molecule has 9 heteroatoms. The molecule has 1 aromatic rings. The van der Waals surface area contributed by atoms with E-state index < -0.39 is 10.0 Å². The predicted octanol–water partition coefficient (Wildman–Crippen LogP) is -0.627. The maximum absolute atomic E-state index is 12.4. The zero-order valence-electron chi connectivity index (χ0n) is 12.8. The van der Waals surface area contributed by atoms with E-state index in [-0.39, 0.29) is 22.5 Å². The molecule has 124 valence electrons. The molecule has 1 amide bonds. The Balaban J connectivity index is 2.05. The molecule has 1 saturated heterocycles. The minimum Gasteiger partial charge on any atom is -0.379 e. The first kappa shape index (κ1) is 16.9.